The molecule has 1 N–H and O–H groups in total. The van der Waals surface area contributed by atoms with E-state index in [9.17, 15) is 19.5 Å². The fourth-order valence-corrected chi connectivity index (χ4v) is 4.04. The molecule has 2 aliphatic rings. The van der Waals surface area contributed by atoms with Crippen LogP contribution in [0.3, 0.4) is 0 Å². The van der Waals surface area contributed by atoms with Gasteiger partial charge in [0.2, 0.25) is 0 Å². The largest absolute Gasteiger partial charge is 0.481 e. The van der Waals surface area contributed by atoms with Crippen LogP contribution >= 0.6 is 0 Å². The molecule has 2 aromatic carbocycles. The highest BCUT2D eigenvalue weighted by molar-refractivity contribution is 6.08. The maximum atomic E-state index is 13.3. The Bertz CT molecular complexity index is 962. The highest BCUT2D eigenvalue weighted by Crippen LogP contribution is 2.49. The van der Waals surface area contributed by atoms with Crippen molar-refractivity contribution in [2.45, 2.75) is 11.7 Å². The topological polar surface area (TPSA) is 89.9 Å². The number of benzene rings is 2. The number of esters is 1. The molecule has 0 spiro atoms. The standard InChI is InChI=1S/C22H18O6/c1-27-21(26)18-17(20(24)25)16-11-12-22(18,28-16)19(23)15-9-7-14(8-10-15)13-5-3-2-4-6-13/h2-12,16-18H,1H3,(H,24,25). The number of ether oxygens (including phenoxy) is 2. The summed E-state index contributed by atoms with van der Waals surface area (Å²) in [4.78, 5) is 37.3. The van der Waals surface area contributed by atoms with Gasteiger partial charge >= 0.3 is 11.9 Å². The lowest BCUT2D eigenvalue weighted by Gasteiger charge is -2.29. The minimum atomic E-state index is -1.66. The summed E-state index contributed by atoms with van der Waals surface area (Å²) in [6.45, 7) is 0. The zero-order valence-corrected chi connectivity index (χ0v) is 15.1. The first-order chi connectivity index (χ1) is 13.5. The van der Waals surface area contributed by atoms with Crippen LogP contribution in [0.25, 0.3) is 11.1 Å². The molecule has 0 saturated carbocycles. The van der Waals surface area contributed by atoms with E-state index in [4.69, 9.17) is 9.47 Å². The van der Waals surface area contributed by atoms with Gasteiger partial charge in [0.1, 0.15) is 11.8 Å². The molecule has 28 heavy (non-hydrogen) atoms. The van der Waals surface area contributed by atoms with Gasteiger partial charge in [-0.05, 0) is 17.2 Å². The van der Waals surface area contributed by atoms with Crippen LogP contribution < -0.4 is 0 Å². The molecule has 4 rings (SSSR count). The number of carbonyl (C=O) groups is 3. The van der Waals surface area contributed by atoms with Crippen LogP contribution in [0.5, 0.6) is 0 Å². The number of carboxylic acid groups (broad SMARTS) is 1. The predicted octanol–water partition coefficient (Wildman–Crippen LogP) is 2.73. The number of Topliss-reactive ketones (excluding diaryl/α,β-unsaturated/α-hetero) is 1. The molecule has 4 unspecified atom stereocenters. The summed E-state index contributed by atoms with van der Waals surface area (Å²) in [5.41, 5.74) is 0.630. The molecule has 2 aliphatic heterocycles. The SMILES string of the molecule is COC(=O)C1C(C(=O)O)C2C=CC1(C(=O)c1ccc(-c3ccccc3)cc1)O2. The number of rotatable bonds is 5. The van der Waals surface area contributed by atoms with Crippen LogP contribution in [0.1, 0.15) is 10.4 Å². The number of aliphatic carboxylic acids is 1. The molecule has 142 valence electrons. The molecule has 0 radical (unpaired) electrons. The Morgan fingerprint density at radius 3 is 2.25 bits per heavy atom. The van der Waals surface area contributed by atoms with Crippen molar-refractivity contribution < 1.29 is 29.0 Å². The lowest BCUT2D eigenvalue weighted by Crippen LogP contribution is -2.49. The van der Waals surface area contributed by atoms with E-state index < -0.39 is 41.3 Å². The molecular weight excluding hydrogens is 360 g/mol. The Morgan fingerprint density at radius 2 is 1.64 bits per heavy atom. The summed E-state index contributed by atoms with van der Waals surface area (Å²) in [6, 6.07) is 16.6. The van der Waals surface area contributed by atoms with Crippen molar-refractivity contribution in [2.75, 3.05) is 7.11 Å². The lowest BCUT2D eigenvalue weighted by molar-refractivity contribution is -0.155. The highest BCUT2D eigenvalue weighted by atomic mass is 16.6. The maximum absolute atomic E-state index is 13.3. The van der Waals surface area contributed by atoms with Crippen LogP contribution in [0, 0.1) is 11.8 Å². The van der Waals surface area contributed by atoms with Gasteiger partial charge in [0.25, 0.3) is 0 Å². The molecule has 2 heterocycles. The Kier molecular flexibility index (Phi) is 4.35. The van der Waals surface area contributed by atoms with Gasteiger partial charge in [0, 0.05) is 5.56 Å². The number of hydrogen-bond acceptors (Lipinski definition) is 5. The van der Waals surface area contributed by atoms with Gasteiger partial charge in [-0.15, -0.1) is 0 Å². The summed E-state index contributed by atoms with van der Waals surface area (Å²) >= 11 is 0. The maximum Gasteiger partial charge on any atom is 0.313 e. The second-order valence-corrected chi connectivity index (χ2v) is 6.87. The van der Waals surface area contributed by atoms with Crippen LogP contribution in [-0.2, 0) is 19.1 Å². The number of hydrogen-bond donors (Lipinski definition) is 1. The van der Waals surface area contributed by atoms with E-state index in [2.05, 4.69) is 0 Å². The molecule has 0 aromatic heterocycles. The predicted molar refractivity (Wildman–Crippen MR) is 99.6 cm³/mol. The third-order valence-corrected chi connectivity index (χ3v) is 5.39. The summed E-state index contributed by atoms with van der Waals surface area (Å²) in [5.74, 6) is -4.81. The third kappa shape index (κ3) is 2.65. The highest BCUT2D eigenvalue weighted by Gasteiger charge is 2.66. The second-order valence-electron chi connectivity index (χ2n) is 6.87. The lowest BCUT2D eigenvalue weighted by atomic mass is 9.72. The van der Waals surface area contributed by atoms with E-state index >= 15 is 0 Å². The van der Waals surface area contributed by atoms with Crippen molar-refractivity contribution in [3.63, 3.8) is 0 Å². The average molecular weight is 378 g/mol. The van der Waals surface area contributed by atoms with Gasteiger partial charge in [-0.3, -0.25) is 14.4 Å². The van der Waals surface area contributed by atoms with Crippen LogP contribution in [0.4, 0.5) is 0 Å². The molecule has 0 aliphatic carbocycles. The van der Waals surface area contributed by atoms with E-state index in [1.165, 1.54) is 19.3 Å². The zero-order valence-electron chi connectivity index (χ0n) is 15.1. The van der Waals surface area contributed by atoms with E-state index in [1.807, 2.05) is 42.5 Å². The summed E-state index contributed by atoms with van der Waals surface area (Å²) in [5, 5.41) is 9.55. The fraction of sp³-hybridized carbons (Fsp3) is 0.227. The molecule has 0 amide bonds. The molecular formula is C22H18O6. The summed E-state index contributed by atoms with van der Waals surface area (Å²) in [7, 11) is 1.17. The summed E-state index contributed by atoms with van der Waals surface area (Å²) < 4.78 is 10.5. The van der Waals surface area contributed by atoms with Crippen molar-refractivity contribution in [3.8, 4) is 11.1 Å². The van der Waals surface area contributed by atoms with Crippen LogP contribution in [0.15, 0.2) is 66.7 Å². The number of carbonyl (C=O) groups excluding carboxylic acids is 2. The fourth-order valence-electron chi connectivity index (χ4n) is 4.04. The normalized spacial score (nSPS) is 27.5. The van der Waals surface area contributed by atoms with E-state index in [0.717, 1.165) is 11.1 Å². The number of carboxylic acids is 1. The van der Waals surface area contributed by atoms with Gasteiger partial charge in [-0.2, -0.15) is 0 Å². The molecule has 6 nitrogen and oxygen atoms in total. The van der Waals surface area contributed by atoms with E-state index in [0.29, 0.717) is 5.56 Å². The van der Waals surface area contributed by atoms with Gasteiger partial charge in [-0.25, -0.2) is 0 Å². The quantitative estimate of drug-likeness (QED) is 0.489. The van der Waals surface area contributed by atoms with Gasteiger partial charge in [-0.1, -0.05) is 60.7 Å². The Balaban J connectivity index is 1.69. The van der Waals surface area contributed by atoms with Crippen LogP contribution in [-0.4, -0.2) is 41.6 Å². The van der Waals surface area contributed by atoms with Crippen molar-refractivity contribution in [1.29, 1.82) is 0 Å². The van der Waals surface area contributed by atoms with Crippen molar-refractivity contribution in [2.24, 2.45) is 11.8 Å². The third-order valence-electron chi connectivity index (χ3n) is 5.39. The van der Waals surface area contributed by atoms with E-state index in [1.54, 1.807) is 12.1 Å². The second kappa shape index (κ2) is 6.73. The monoisotopic (exact) mass is 378 g/mol. The molecule has 2 aromatic rings. The molecule has 4 atom stereocenters. The van der Waals surface area contributed by atoms with Gasteiger partial charge in [0.05, 0.1) is 13.2 Å². The first-order valence-corrected chi connectivity index (χ1v) is 8.86. The minimum Gasteiger partial charge on any atom is -0.481 e. The Hall–Kier alpha value is -3.25. The van der Waals surface area contributed by atoms with E-state index in [-0.39, 0.29) is 0 Å². The molecule has 1 fully saturated rings. The van der Waals surface area contributed by atoms with Gasteiger partial charge in [0.15, 0.2) is 11.4 Å². The zero-order chi connectivity index (χ0) is 19.9. The number of fused-ring (bicyclic) bond motifs is 2. The Morgan fingerprint density at radius 1 is 1.00 bits per heavy atom. The molecule has 1 saturated heterocycles. The first-order valence-electron chi connectivity index (χ1n) is 8.86. The van der Waals surface area contributed by atoms with Crippen molar-refractivity contribution >= 4 is 17.7 Å². The Labute approximate surface area is 161 Å². The molecule has 2 bridgehead atoms. The summed E-state index contributed by atoms with van der Waals surface area (Å²) in [6.07, 6.45) is 2.19. The average Bonchev–Trinajstić information content (AvgIpc) is 3.31. The van der Waals surface area contributed by atoms with Crippen molar-refractivity contribution in [1.82, 2.24) is 0 Å². The first kappa shape index (κ1) is 18.1. The number of methoxy groups -OCH3 is 1. The minimum absolute atomic E-state index is 0.338. The van der Waals surface area contributed by atoms with Gasteiger partial charge < -0.3 is 14.6 Å². The van der Waals surface area contributed by atoms with Crippen molar-refractivity contribution in [3.05, 3.63) is 72.3 Å². The smallest absolute Gasteiger partial charge is 0.313 e. The van der Waals surface area contributed by atoms with Crippen LogP contribution in [0.2, 0.25) is 0 Å². The number of ketones is 1. The molecule has 6 heteroatoms.